The molecule has 5 heteroatoms. The number of anilines is 1. The molecule has 92 valence electrons. The van der Waals surface area contributed by atoms with Crippen LogP contribution in [0.3, 0.4) is 0 Å². The summed E-state index contributed by atoms with van der Waals surface area (Å²) in [5.41, 5.74) is 0.529. The Hall–Kier alpha value is -1.62. The number of rotatable bonds is 4. The SMILES string of the molecule is O=C(NCCO)c1ccc(N2CCCC2)nc1. The minimum absolute atomic E-state index is 0.0506. The topological polar surface area (TPSA) is 65.5 Å². The molecule has 1 amide bonds. The van der Waals surface area contributed by atoms with Crippen LogP contribution in [0.1, 0.15) is 23.2 Å². The van der Waals surface area contributed by atoms with E-state index in [0.29, 0.717) is 5.56 Å². The Balaban J connectivity index is 1.99. The first-order chi connectivity index (χ1) is 8.31. The molecule has 17 heavy (non-hydrogen) atoms. The number of hydrogen-bond donors (Lipinski definition) is 2. The molecule has 0 bridgehead atoms. The van der Waals surface area contributed by atoms with Gasteiger partial charge in [0.2, 0.25) is 0 Å². The molecule has 0 unspecified atom stereocenters. The molecule has 1 aliphatic rings. The molecule has 1 aromatic heterocycles. The van der Waals surface area contributed by atoms with Crippen LogP contribution in [-0.2, 0) is 0 Å². The van der Waals surface area contributed by atoms with Crippen molar-refractivity contribution in [1.82, 2.24) is 10.3 Å². The lowest BCUT2D eigenvalue weighted by Crippen LogP contribution is -2.26. The van der Waals surface area contributed by atoms with Crippen molar-refractivity contribution in [2.75, 3.05) is 31.1 Å². The molecule has 5 nitrogen and oxygen atoms in total. The largest absolute Gasteiger partial charge is 0.395 e. The first-order valence-electron chi connectivity index (χ1n) is 5.91. The van der Waals surface area contributed by atoms with E-state index in [1.165, 1.54) is 12.8 Å². The highest BCUT2D eigenvalue weighted by atomic mass is 16.3. The summed E-state index contributed by atoms with van der Waals surface area (Å²) in [6, 6.07) is 3.65. The van der Waals surface area contributed by atoms with Gasteiger partial charge in [0.25, 0.3) is 5.91 Å². The number of amides is 1. The highest BCUT2D eigenvalue weighted by Crippen LogP contribution is 2.17. The van der Waals surface area contributed by atoms with E-state index in [1.54, 1.807) is 12.3 Å². The van der Waals surface area contributed by atoms with Crippen LogP contribution in [-0.4, -0.2) is 42.2 Å². The van der Waals surface area contributed by atoms with Crippen LogP contribution in [0.4, 0.5) is 5.82 Å². The summed E-state index contributed by atoms with van der Waals surface area (Å²) in [6.07, 6.45) is 4.00. The maximum absolute atomic E-state index is 11.6. The smallest absolute Gasteiger partial charge is 0.252 e. The number of pyridine rings is 1. The van der Waals surface area contributed by atoms with E-state index >= 15 is 0 Å². The van der Waals surface area contributed by atoms with Gasteiger partial charge in [-0.2, -0.15) is 0 Å². The van der Waals surface area contributed by atoms with Crippen LogP contribution in [0.2, 0.25) is 0 Å². The molecule has 0 spiro atoms. The summed E-state index contributed by atoms with van der Waals surface area (Å²) in [4.78, 5) is 18.1. The molecule has 1 aromatic rings. The number of aliphatic hydroxyl groups is 1. The van der Waals surface area contributed by atoms with Crippen LogP contribution in [0.5, 0.6) is 0 Å². The number of carbonyl (C=O) groups excluding carboxylic acids is 1. The van der Waals surface area contributed by atoms with Crippen LogP contribution >= 0.6 is 0 Å². The molecule has 0 aromatic carbocycles. The third-order valence-electron chi connectivity index (χ3n) is 2.84. The summed E-state index contributed by atoms with van der Waals surface area (Å²) in [6.45, 7) is 2.31. The Labute approximate surface area is 100 Å². The standard InChI is InChI=1S/C12H17N3O2/c16-8-5-13-12(17)10-3-4-11(14-9-10)15-6-1-2-7-15/h3-4,9,16H,1-2,5-8H2,(H,13,17). The molecular formula is C12H17N3O2. The monoisotopic (exact) mass is 235 g/mol. The predicted octanol–water partition coefficient (Wildman–Crippen LogP) is 0.404. The first kappa shape index (κ1) is 11.9. The molecule has 1 aliphatic heterocycles. The molecular weight excluding hydrogens is 218 g/mol. The molecule has 0 atom stereocenters. The molecule has 2 N–H and O–H groups in total. The maximum Gasteiger partial charge on any atom is 0.252 e. The van der Waals surface area contributed by atoms with Crippen molar-refractivity contribution >= 4 is 11.7 Å². The van der Waals surface area contributed by atoms with E-state index in [-0.39, 0.29) is 19.1 Å². The van der Waals surface area contributed by atoms with Gasteiger partial charge in [-0.25, -0.2) is 4.98 Å². The van der Waals surface area contributed by atoms with Gasteiger partial charge in [0, 0.05) is 25.8 Å². The fourth-order valence-corrected chi connectivity index (χ4v) is 1.93. The summed E-state index contributed by atoms with van der Waals surface area (Å²) in [7, 11) is 0. The van der Waals surface area contributed by atoms with E-state index in [4.69, 9.17) is 5.11 Å². The molecule has 0 aliphatic carbocycles. The van der Waals surface area contributed by atoms with Gasteiger partial charge in [0.05, 0.1) is 12.2 Å². The molecule has 2 heterocycles. The molecule has 1 fully saturated rings. The van der Waals surface area contributed by atoms with E-state index < -0.39 is 0 Å². The Morgan fingerprint density at radius 3 is 2.76 bits per heavy atom. The minimum atomic E-state index is -0.195. The van der Waals surface area contributed by atoms with Gasteiger partial charge in [0.15, 0.2) is 0 Å². The number of aromatic nitrogens is 1. The Morgan fingerprint density at radius 1 is 1.41 bits per heavy atom. The Bertz CT molecular complexity index is 372. The maximum atomic E-state index is 11.6. The summed E-state index contributed by atoms with van der Waals surface area (Å²) >= 11 is 0. The number of carbonyl (C=O) groups is 1. The lowest BCUT2D eigenvalue weighted by Gasteiger charge is -2.16. The first-order valence-corrected chi connectivity index (χ1v) is 5.91. The van der Waals surface area contributed by atoms with Gasteiger partial charge in [-0.1, -0.05) is 0 Å². The van der Waals surface area contributed by atoms with Crippen LogP contribution < -0.4 is 10.2 Å². The normalized spacial score (nSPS) is 15.0. The van der Waals surface area contributed by atoms with Crippen molar-refractivity contribution in [2.45, 2.75) is 12.8 Å². The molecule has 0 saturated carbocycles. The zero-order valence-electron chi connectivity index (χ0n) is 9.72. The summed E-state index contributed by atoms with van der Waals surface area (Å²) in [5.74, 6) is 0.737. The van der Waals surface area contributed by atoms with Gasteiger partial charge in [0.1, 0.15) is 5.82 Å². The third-order valence-corrected chi connectivity index (χ3v) is 2.84. The number of nitrogens with zero attached hydrogens (tertiary/aromatic N) is 2. The Kier molecular flexibility index (Phi) is 3.93. The van der Waals surface area contributed by atoms with E-state index in [0.717, 1.165) is 18.9 Å². The summed E-state index contributed by atoms with van der Waals surface area (Å²) in [5, 5.41) is 11.2. The van der Waals surface area contributed by atoms with Crippen LogP contribution in [0, 0.1) is 0 Å². The van der Waals surface area contributed by atoms with Gasteiger partial charge in [-0.05, 0) is 25.0 Å². The van der Waals surface area contributed by atoms with E-state index in [9.17, 15) is 4.79 Å². The second kappa shape index (κ2) is 5.63. The van der Waals surface area contributed by atoms with Gasteiger partial charge in [-0.15, -0.1) is 0 Å². The number of aliphatic hydroxyl groups excluding tert-OH is 1. The van der Waals surface area contributed by atoms with Gasteiger partial charge < -0.3 is 15.3 Å². The highest BCUT2D eigenvalue weighted by molar-refractivity contribution is 5.94. The van der Waals surface area contributed by atoms with Crippen molar-refractivity contribution in [1.29, 1.82) is 0 Å². The van der Waals surface area contributed by atoms with Crippen LogP contribution in [0.15, 0.2) is 18.3 Å². The highest BCUT2D eigenvalue weighted by Gasteiger charge is 2.13. The zero-order chi connectivity index (χ0) is 12.1. The van der Waals surface area contributed by atoms with Crippen molar-refractivity contribution in [2.24, 2.45) is 0 Å². The zero-order valence-corrected chi connectivity index (χ0v) is 9.72. The predicted molar refractivity (Wildman–Crippen MR) is 65.1 cm³/mol. The van der Waals surface area contributed by atoms with Gasteiger partial charge >= 0.3 is 0 Å². The Morgan fingerprint density at radius 2 is 2.18 bits per heavy atom. The quantitative estimate of drug-likeness (QED) is 0.793. The van der Waals surface area contributed by atoms with Gasteiger partial charge in [-0.3, -0.25) is 4.79 Å². The third kappa shape index (κ3) is 2.94. The summed E-state index contributed by atoms with van der Waals surface area (Å²) < 4.78 is 0. The lowest BCUT2D eigenvalue weighted by atomic mass is 10.2. The number of hydrogen-bond acceptors (Lipinski definition) is 4. The second-order valence-corrected chi connectivity index (χ2v) is 4.08. The van der Waals surface area contributed by atoms with Crippen LogP contribution in [0.25, 0.3) is 0 Å². The van der Waals surface area contributed by atoms with Crippen molar-refractivity contribution in [3.8, 4) is 0 Å². The van der Waals surface area contributed by atoms with Crippen molar-refractivity contribution in [3.63, 3.8) is 0 Å². The lowest BCUT2D eigenvalue weighted by molar-refractivity contribution is 0.0944. The minimum Gasteiger partial charge on any atom is -0.395 e. The fourth-order valence-electron chi connectivity index (χ4n) is 1.93. The molecule has 0 radical (unpaired) electrons. The van der Waals surface area contributed by atoms with Crippen molar-refractivity contribution < 1.29 is 9.90 Å². The van der Waals surface area contributed by atoms with E-state index in [2.05, 4.69) is 15.2 Å². The average Bonchev–Trinajstić information content (AvgIpc) is 2.90. The average molecular weight is 235 g/mol. The molecule has 2 rings (SSSR count). The fraction of sp³-hybridized carbons (Fsp3) is 0.500. The number of nitrogens with one attached hydrogen (secondary N) is 1. The van der Waals surface area contributed by atoms with Crippen molar-refractivity contribution in [3.05, 3.63) is 23.9 Å². The second-order valence-electron chi connectivity index (χ2n) is 4.08. The molecule has 1 saturated heterocycles. The van der Waals surface area contributed by atoms with E-state index in [1.807, 2.05) is 6.07 Å².